The van der Waals surface area contributed by atoms with Gasteiger partial charge < -0.3 is 9.67 Å². The molecule has 0 aliphatic heterocycles. The Labute approximate surface area is 75.1 Å². The van der Waals surface area contributed by atoms with Gasteiger partial charge in [-0.25, -0.2) is 4.79 Å². The molecule has 0 bridgehead atoms. The third-order valence-electron chi connectivity index (χ3n) is 1.49. The minimum Gasteiger partial charge on any atom is -0.475 e. The summed E-state index contributed by atoms with van der Waals surface area (Å²) in [6, 6.07) is 1.78. The van der Waals surface area contributed by atoms with Crippen LogP contribution in [0.15, 0.2) is 24.5 Å². The van der Waals surface area contributed by atoms with Gasteiger partial charge in [0.25, 0.3) is 5.78 Å². The molecule has 4 heteroatoms. The number of carboxylic acids is 1. The van der Waals surface area contributed by atoms with Crippen molar-refractivity contribution in [3.05, 3.63) is 30.1 Å². The lowest BCUT2D eigenvalue weighted by Crippen LogP contribution is -2.08. The van der Waals surface area contributed by atoms with Crippen LogP contribution in [0.25, 0.3) is 6.08 Å². The van der Waals surface area contributed by atoms with Crippen LogP contribution in [0, 0.1) is 0 Å². The Morgan fingerprint density at radius 3 is 2.69 bits per heavy atom. The molecule has 0 aromatic carbocycles. The van der Waals surface area contributed by atoms with Crippen molar-refractivity contribution in [1.82, 2.24) is 4.57 Å². The van der Waals surface area contributed by atoms with Crippen molar-refractivity contribution < 1.29 is 14.7 Å². The van der Waals surface area contributed by atoms with E-state index in [1.807, 2.05) is 17.8 Å². The van der Waals surface area contributed by atoms with Crippen LogP contribution in [-0.2, 0) is 16.6 Å². The molecule has 0 amide bonds. The van der Waals surface area contributed by atoms with Crippen LogP contribution in [-0.4, -0.2) is 21.4 Å². The first-order chi connectivity index (χ1) is 6.09. The SMILES string of the molecule is Cn1ccc(/C=C/C(=O)C(=O)O)c1. The molecule has 0 saturated heterocycles. The van der Waals surface area contributed by atoms with Crippen molar-refractivity contribution in [2.24, 2.45) is 7.05 Å². The number of ketones is 1. The van der Waals surface area contributed by atoms with Gasteiger partial charge in [-0.1, -0.05) is 0 Å². The summed E-state index contributed by atoms with van der Waals surface area (Å²) in [5, 5.41) is 8.26. The molecular formula is C9H9NO3. The number of carboxylic acid groups (broad SMARTS) is 1. The van der Waals surface area contributed by atoms with E-state index in [4.69, 9.17) is 5.11 Å². The first-order valence-electron chi connectivity index (χ1n) is 3.67. The predicted molar refractivity (Wildman–Crippen MR) is 47.1 cm³/mol. The number of carbonyl (C=O) groups is 2. The molecule has 1 rings (SSSR count). The standard InChI is InChI=1S/C9H9NO3/c1-10-5-4-7(6-10)2-3-8(11)9(12)13/h2-6H,1H3,(H,12,13)/b3-2+. The summed E-state index contributed by atoms with van der Waals surface area (Å²) in [4.78, 5) is 20.7. The molecule has 1 N–H and O–H groups in total. The molecule has 0 unspecified atom stereocenters. The van der Waals surface area contributed by atoms with Gasteiger partial charge in [-0.2, -0.15) is 0 Å². The maximum Gasteiger partial charge on any atom is 0.376 e. The monoisotopic (exact) mass is 179 g/mol. The number of nitrogens with zero attached hydrogens (tertiary/aromatic N) is 1. The van der Waals surface area contributed by atoms with Gasteiger partial charge in [0, 0.05) is 19.4 Å². The zero-order valence-electron chi connectivity index (χ0n) is 7.10. The smallest absolute Gasteiger partial charge is 0.376 e. The molecule has 13 heavy (non-hydrogen) atoms. The molecule has 0 fully saturated rings. The molecule has 0 saturated carbocycles. The molecule has 68 valence electrons. The Morgan fingerprint density at radius 2 is 2.23 bits per heavy atom. The van der Waals surface area contributed by atoms with Crippen molar-refractivity contribution >= 4 is 17.8 Å². The number of carbonyl (C=O) groups excluding carboxylic acids is 1. The fourth-order valence-electron chi connectivity index (χ4n) is 0.867. The minimum absolute atomic E-state index is 0.803. The molecule has 0 atom stereocenters. The highest BCUT2D eigenvalue weighted by molar-refractivity contribution is 6.38. The summed E-state index contributed by atoms with van der Waals surface area (Å²) in [5.74, 6) is -2.35. The highest BCUT2D eigenvalue weighted by atomic mass is 16.4. The van der Waals surface area contributed by atoms with Crippen molar-refractivity contribution in [3.8, 4) is 0 Å². The zero-order chi connectivity index (χ0) is 9.84. The van der Waals surface area contributed by atoms with Crippen LogP contribution in [0.5, 0.6) is 0 Å². The molecule has 1 heterocycles. The zero-order valence-corrected chi connectivity index (χ0v) is 7.10. The number of aromatic nitrogens is 1. The lowest BCUT2D eigenvalue weighted by atomic mass is 10.2. The van der Waals surface area contributed by atoms with Gasteiger partial charge >= 0.3 is 5.97 Å². The molecule has 0 aliphatic rings. The summed E-state index contributed by atoms with van der Waals surface area (Å²) in [6.07, 6.45) is 6.10. The van der Waals surface area contributed by atoms with Crippen molar-refractivity contribution in [2.45, 2.75) is 0 Å². The molecule has 0 aliphatic carbocycles. The Kier molecular flexibility index (Phi) is 2.64. The van der Waals surface area contributed by atoms with Crippen LogP contribution in [0.1, 0.15) is 5.56 Å². The summed E-state index contributed by atoms with van der Waals surface area (Å²) >= 11 is 0. The van der Waals surface area contributed by atoms with Gasteiger partial charge in [0.2, 0.25) is 0 Å². The quantitative estimate of drug-likeness (QED) is 0.548. The van der Waals surface area contributed by atoms with Gasteiger partial charge in [0.1, 0.15) is 0 Å². The topological polar surface area (TPSA) is 59.3 Å². The van der Waals surface area contributed by atoms with Crippen molar-refractivity contribution in [3.63, 3.8) is 0 Å². The van der Waals surface area contributed by atoms with E-state index in [-0.39, 0.29) is 0 Å². The molecule has 0 spiro atoms. The third kappa shape index (κ3) is 2.59. The maximum atomic E-state index is 10.6. The van der Waals surface area contributed by atoms with Crippen LogP contribution in [0.3, 0.4) is 0 Å². The van der Waals surface area contributed by atoms with Gasteiger partial charge in [0.05, 0.1) is 0 Å². The number of aryl methyl sites for hydroxylation is 1. The Balaban J connectivity index is 2.69. The highest BCUT2D eigenvalue weighted by Crippen LogP contribution is 2.01. The van der Waals surface area contributed by atoms with E-state index in [9.17, 15) is 9.59 Å². The van der Waals surface area contributed by atoms with Gasteiger partial charge in [-0.3, -0.25) is 4.79 Å². The van der Waals surface area contributed by atoms with Gasteiger partial charge in [0.15, 0.2) is 0 Å². The molecule has 0 radical (unpaired) electrons. The summed E-state index contributed by atoms with van der Waals surface area (Å²) < 4.78 is 1.81. The van der Waals surface area contributed by atoms with E-state index in [2.05, 4.69) is 0 Å². The third-order valence-corrected chi connectivity index (χ3v) is 1.49. The molecular weight excluding hydrogens is 170 g/mol. The van der Waals surface area contributed by atoms with Crippen LogP contribution >= 0.6 is 0 Å². The summed E-state index contributed by atoms with van der Waals surface area (Å²) in [6.45, 7) is 0. The average molecular weight is 179 g/mol. The van der Waals surface area contributed by atoms with E-state index < -0.39 is 11.8 Å². The predicted octanol–water partition coefficient (Wildman–Crippen LogP) is 0.692. The second-order valence-corrected chi connectivity index (χ2v) is 2.61. The fraction of sp³-hybridized carbons (Fsp3) is 0.111. The molecule has 1 aromatic heterocycles. The first-order valence-corrected chi connectivity index (χ1v) is 3.67. The van der Waals surface area contributed by atoms with Crippen molar-refractivity contribution in [2.75, 3.05) is 0 Å². The van der Waals surface area contributed by atoms with E-state index >= 15 is 0 Å². The minimum atomic E-state index is -1.44. The number of hydrogen-bond acceptors (Lipinski definition) is 2. The first kappa shape index (κ1) is 9.25. The Morgan fingerprint density at radius 1 is 1.54 bits per heavy atom. The summed E-state index contributed by atoms with van der Waals surface area (Å²) in [7, 11) is 1.84. The maximum absolute atomic E-state index is 10.6. The second-order valence-electron chi connectivity index (χ2n) is 2.61. The van der Waals surface area contributed by atoms with E-state index in [1.165, 1.54) is 6.08 Å². The lowest BCUT2D eigenvalue weighted by Gasteiger charge is -1.85. The number of aliphatic carboxylic acids is 1. The Hall–Kier alpha value is -1.84. The van der Waals surface area contributed by atoms with Crippen LogP contribution in [0.4, 0.5) is 0 Å². The normalized spacial score (nSPS) is 10.5. The van der Waals surface area contributed by atoms with E-state index in [0.717, 1.165) is 11.6 Å². The molecule has 1 aromatic rings. The number of hydrogen-bond donors (Lipinski definition) is 1. The summed E-state index contributed by atoms with van der Waals surface area (Å²) in [5.41, 5.74) is 0.803. The molecule has 4 nitrogen and oxygen atoms in total. The highest BCUT2D eigenvalue weighted by Gasteiger charge is 2.05. The second kappa shape index (κ2) is 3.71. The van der Waals surface area contributed by atoms with Crippen molar-refractivity contribution in [1.29, 1.82) is 0 Å². The van der Waals surface area contributed by atoms with Gasteiger partial charge in [-0.05, 0) is 23.8 Å². The lowest BCUT2D eigenvalue weighted by molar-refractivity contribution is -0.146. The van der Waals surface area contributed by atoms with E-state index in [0.29, 0.717) is 0 Å². The van der Waals surface area contributed by atoms with Gasteiger partial charge in [-0.15, -0.1) is 0 Å². The largest absolute Gasteiger partial charge is 0.475 e. The number of rotatable bonds is 3. The fourth-order valence-corrected chi connectivity index (χ4v) is 0.867. The van der Waals surface area contributed by atoms with E-state index in [1.54, 1.807) is 12.3 Å². The Bertz CT molecular complexity index is 363. The van der Waals surface area contributed by atoms with Crippen LogP contribution < -0.4 is 0 Å². The average Bonchev–Trinajstić information content (AvgIpc) is 2.47. The van der Waals surface area contributed by atoms with Crippen LogP contribution in [0.2, 0.25) is 0 Å².